The highest BCUT2D eigenvalue weighted by Crippen LogP contribution is 2.63. The molecular formula is C52H64N2O2. The molecule has 0 aromatic heterocycles. The van der Waals surface area contributed by atoms with Crippen LogP contribution in [0.25, 0.3) is 0 Å². The third kappa shape index (κ3) is 7.12. The van der Waals surface area contributed by atoms with E-state index in [-0.39, 0.29) is 10.8 Å². The van der Waals surface area contributed by atoms with Crippen molar-refractivity contribution in [2.75, 3.05) is 13.1 Å². The van der Waals surface area contributed by atoms with Crippen molar-refractivity contribution in [2.24, 2.45) is 35.5 Å². The highest BCUT2D eigenvalue weighted by atomic mass is 16.3. The Morgan fingerprint density at radius 1 is 0.464 bits per heavy atom. The van der Waals surface area contributed by atoms with Crippen LogP contribution < -0.4 is 0 Å². The normalized spacial score (nSPS) is 31.2. The van der Waals surface area contributed by atoms with Crippen LogP contribution in [-0.2, 0) is 37.0 Å². The summed E-state index contributed by atoms with van der Waals surface area (Å²) in [6, 6.07) is 31.0. The Kier molecular flexibility index (Phi) is 9.61. The predicted molar refractivity (Wildman–Crippen MR) is 226 cm³/mol. The smallest absolute Gasteiger partial charge is 0.123 e. The molecule has 8 aliphatic carbocycles. The first kappa shape index (κ1) is 36.7. The Balaban J connectivity index is 0.940. The second-order valence-electron chi connectivity index (χ2n) is 20.4. The fourth-order valence-electron chi connectivity index (χ4n) is 14.5. The van der Waals surface area contributed by atoms with Crippen LogP contribution in [0.5, 0.6) is 11.5 Å². The third-order valence-electron chi connectivity index (χ3n) is 15.9. The van der Waals surface area contributed by atoms with E-state index in [0.717, 1.165) is 72.8 Å². The molecule has 8 aliphatic rings. The number of aryl methyl sites for hydroxylation is 2. The van der Waals surface area contributed by atoms with Gasteiger partial charge >= 0.3 is 0 Å². The summed E-state index contributed by atoms with van der Waals surface area (Å²) in [4.78, 5) is 5.12. The summed E-state index contributed by atoms with van der Waals surface area (Å²) in [6.45, 7) is 9.27. The van der Waals surface area contributed by atoms with Gasteiger partial charge in [0.2, 0.25) is 0 Å². The van der Waals surface area contributed by atoms with Crippen molar-refractivity contribution in [3.8, 4) is 11.5 Å². The van der Waals surface area contributed by atoms with E-state index in [1.807, 2.05) is 0 Å². The molecule has 8 bridgehead atoms. The second kappa shape index (κ2) is 14.7. The molecule has 0 heterocycles. The van der Waals surface area contributed by atoms with Crippen molar-refractivity contribution < 1.29 is 10.2 Å². The molecule has 0 aliphatic heterocycles. The molecule has 12 rings (SSSR count). The van der Waals surface area contributed by atoms with E-state index in [9.17, 15) is 10.2 Å². The molecule has 0 atom stereocenters. The number of rotatable bonds is 13. The largest absolute Gasteiger partial charge is 0.507 e. The van der Waals surface area contributed by atoms with Crippen LogP contribution in [0.1, 0.15) is 122 Å². The monoisotopic (exact) mass is 748 g/mol. The molecule has 4 aromatic carbocycles. The lowest BCUT2D eigenvalue weighted by Crippen LogP contribution is -2.48. The van der Waals surface area contributed by atoms with Gasteiger partial charge in [-0.3, -0.25) is 9.80 Å². The van der Waals surface area contributed by atoms with Crippen molar-refractivity contribution in [3.05, 3.63) is 129 Å². The van der Waals surface area contributed by atoms with Crippen molar-refractivity contribution >= 4 is 0 Å². The number of phenols is 2. The number of hydrogen-bond acceptors (Lipinski definition) is 4. The van der Waals surface area contributed by atoms with Gasteiger partial charge in [0.15, 0.2) is 0 Å². The number of nitrogens with zero attached hydrogens (tertiary/aromatic N) is 2. The maximum atomic E-state index is 12.3. The third-order valence-corrected chi connectivity index (χ3v) is 15.9. The van der Waals surface area contributed by atoms with E-state index in [1.54, 1.807) is 0 Å². The first-order valence-electron chi connectivity index (χ1n) is 22.4. The topological polar surface area (TPSA) is 46.9 Å². The van der Waals surface area contributed by atoms with Crippen LogP contribution in [0.15, 0.2) is 84.9 Å². The lowest BCUT2D eigenvalue weighted by molar-refractivity contribution is -0.00641. The molecule has 4 heteroatoms. The Morgan fingerprint density at radius 3 is 1.11 bits per heavy atom. The summed E-state index contributed by atoms with van der Waals surface area (Å²) in [5.41, 5.74) is 10.1. The second-order valence-corrected chi connectivity index (χ2v) is 20.4. The number of phenolic OH excluding ortho intramolecular Hbond substituents is 2. The molecule has 56 heavy (non-hydrogen) atoms. The quantitative estimate of drug-likeness (QED) is 0.143. The van der Waals surface area contributed by atoms with Crippen LogP contribution in [0.2, 0.25) is 0 Å². The van der Waals surface area contributed by atoms with Crippen molar-refractivity contribution in [3.63, 3.8) is 0 Å². The zero-order chi connectivity index (χ0) is 38.0. The van der Waals surface area contributed by atoms with Gasteiger partial charge in [-0.2, -0.15) is 0 Å². The highest BCUT2D eigenvalue weighted by Gasteiger charge is 2.54. The minimum absolute atomic E-state index is 0.154. The summed E-state index contributed by atoms with van der Waals surface area (Å²) in [6.07, 6.45) is 16.0. The molecule has 8 saturated carbocycles. The molecule has 0 amide bonds. The van der Waals surface area contributed by atoms with Gasteiger partial charge in [-0.25, -0.2) is 0 Å². The fraction of sp³-hybridized carbons (Fsp3) is 0.538. The zero-order valence-electron chi connectivity index (χ0n) is 34.1. The van der Waals surface area contributed by atoms with E-state index in [0.29, 0.717) is 24.6 Å². The van der Waals surface area contributed by atoms with Crippen LogP contribution in [0, 0.1) is 49.4 Å². The van der Waals surface area contributed by atoms with Crippen molar-refractivity contribution in [2.45, 2.75) is 128 Å². The van der Waals surface area contributed by atoms with E-state index in [1.165, 1.54) is 110 Å². The van der Waals surface area contributed by atoms with Gasteiger partial charge in [-0.05, 0) is 148 Å². The summed E-state index contributed by atoms with van der Waals surface area (Å²) < 4.78 is 0. The summed E-state index contributed by atoms with van der Waals surface area (Å²) in [5.74, 6) is 6.17. The van der Waals surface area contributed by atoms with Gasteiger partial charge < -0.3 is 10.2 Å². The van der Waals surface area contributed by atoms with Gasteiger partial charge in [0, 0.05) is 61.5 Å². The van der Waals surface area contributed by atoms with Crippen LogP contribution in [0.3, 0.4) is 0 Å². The molecule has 0 unspecified atom stereocenters. The zero-order valence-corrected chi connectivity index (χ0v) is 34.1. The standard InChI is InChI=1S/C52H64N2O2/c1-35-15-45(49(55)47(17-35)51-25-39-19-40(26-51)21-41(20-39)27-51)33-53(31-37-9-5-3-6-10-37)13-14-54(32-38-11-7-4-8-12-38)34-46-16-36(2)18-48(50(46)56)52-28-42-22-43(29-52)24-44(23-42)30-52/h3-12,15-18,39-44,55-56H,13-14,19-34H2,1-2H3. The Bertz CT molecular complexity index is 1820. The van der Waals surface area contributed by atoms with Crippen LogP contribution >= 0.6 is 0 Å². The Labute approximate surface area is 336 Å². The maximum absolute atomic E-state index is 12.3. The van der Waals surface area contributed by atoms with E-state index >= 15 is 0 Å². The van der Waals surface area contributed by atoms with Crippen molar-refractivity contribution in [1.29, 1.82) is 0 Å². The highest BCUT2D eigenvalue weighted by molar-refractivity contribution is 5.50. The molecule has 2 N–H and O–H groups in total. The van der Waals surface area contributed by atoms with Crippen LogP contribution in [0.4, 0.5) is 0 Å². The molecular weight excluding hydrogens is 685 g/mol. The summed E-state index contributed by atoms with van der Waals surface area (Å²) in [7, 11) is 0. The Hall–Kier alpha value is -3.60. The van der Waals surface area contributed by atoms with E-state index in [2.05, 4.69) is 109 Å². The predicted octanol–water partition coefficient (Wildman–Crippen LogP) is 11.4. The average molecular weight is 749 g/mol. The van der Waals surface area contributed by atoms with E-state index < -0.39 is 0 Å². The first-order chi connectivity index (χ1) is 27.2. The average Bonchev–Trinajstić information content (AvgIpc) is 3.16. The SMILES string of the molecule is Cc1cc(CN(CCN(Cc2ccccc2)Cc2cc(C)cc(C34CC5CC(CC(C5)C3)C4)c2O)Cc2ccccc2)c(O)c(C23CC4CC(CC(C4)C2)C3)c1. The minimum atomic E-state index is 0.154. The molecule has 4 aromatic rings. The lowest BCUT2D eigenvalue weighted by atomic mass is 9.48. The molecule has 294 valence electrons. The molecule has 0 spiro atoms. The fourth-order valence-corrected chi connectivity index (χ4v) is 14.5. The van der Waals surface area contributed by atoms with Gasteiger partial charge in [0.1, 0.15) is 11.5 Å². The van der Waals surface area contributed by atoms with Crippen LogP contribution in [-0.4, -0.2) is 33.1 Å². The number of hydrogen-bond donors (Lipinski definition) is 2. The van der Waals surface area contributed by atoms with Gasteiger partial charge in [-0.15, -0.1) is 0 Å². The lowest BCUT2D eigenvalue weighted by Gasteiger charge is -2.57. The molecule has 4 nitrogen and oxygen atoms in total. The maximum Gasteiger partial charge on any atom is 0.123 e. The van der Waals surface area contributed by atoms with Gasteiger partial charge in [0.25, 0.3) is 0 Å². The number of aromatic hydroxyl groups is 2. The van der Waals surface area contributed by atoms with Crippen molar-refractivity contribution in [1.82, 2.24) is 9.80 Å². The molecule has 8 fully saturated rings. The van der Waals surface area contributed by atoms with E-state index in [4.69, 9.17) is 0 Å². The Morgan fingerprint density at radius 2 is 0.786 bits per heavy atom. The first-order valence-corrected chi connectivity index (χ1v) is 22.4. The molecule has 0 radical (unpaired) electrons. The number of benzene rings is 4. The van der Waals surface area contributed by atoms with Gasteiger partial charge in [-0.1, -0.05) is 96.1 Å². The minimum Gasteiger partial charge on any atom is -0.507 e. The summed E-state index contributed by atoms with van der Waals surface area (Å²) >= 11 is 0. The van der Waals surface area contributed by atoms with Gasteiger partial charge in [0.05, 0.1) is 0 Å². The summed E-state index contributed by atoms with van der Waals surface area (Å²) in [5, 5.41) is 24.5. The molecule has 0 saturated heterocycles.